The molecule has 4 rings (SSSR count). The SMILES string of the molecule is Cc1cc(-c2cc(C(=O)NCC(=O)N3CCCC3)c3c(C)noc3n2)c(C)o1. The molecule has 1 saturated heterocycles. The molecule has 0 unspecified atom stereocenters. The highest BCUT2D eigenvalue weighted by atomic mass is 16.5. The summed E-state index contributed by atoms with van der Waals surface area (Å²) in [6.07, 6.45) is 2.02. The van der Waals surface area contributed by atoms with E-state index in [1.54, 1.807) is 17.9 Å². The van der Waals surface area contributed by atoms with Crippen LogP contribution in [0.15, 0.2) is 21.1 Å². The van der Waals surface area contributed by atoms with Gasteiger partial charge < -0.3 is 19.2 Å². The van der Waals surface area contributed by atoms with Gasteiger partial charge in [-0.1, -0.05) is 5.16 Å². The average Bonchev–Trinajstić information content (AvgIpc) is 3.40. The van der Waals surface area contributed by atoms with Crippen LogP contribution in [0.5, 0.6) is 0 Å². The van der Waals surface area contributed by atoms with E-state index in [9.17, 15) is 9.59 Å². The average molecular weight is 382 g/mol. The number of aryl methyl sites for hydroxylation is 3. The quantitative estimate of drug-likeness (QED) is 0.744. The molecular formula is C20H22N4O4. The zero-order valence-electron chi connectivity index (χ0n) is 16.2. The summed E-state index contributed by atoms with van der Waals surface area (Å²) in [6.45, 7) is 6.92. The number of nitrogens with one attached hydrogen (secondary N) is 1. The van der Waals surface area contributed by atoms with Crippen molar-refractivity contribution in [1.29, 1.82) is 0 Å². The van der Waals surface area contributed by atoms with E-state index in [2.05, 4.69) is 15.5 Å². The summed E-state index contributed by atoms with van der Waals surface area (Å²) >= 11 is 0. The second kappa shape index (κ2) is 7.10. The maximum atomic E-state index is 12.9. The maximum absolute atomic E-state index is 12.9. The van der Waals surface area contributed by atoms with Crippen molar-refractivity contribution in [3.63, 3.8) is 0 Å². The number of furan rings is 1. The standard InChI is InChI=1S/C20H22N4O4/c1-11-8-14(13(3)27-11)16-9-15(18-12(2)23-28-20(18)22-16)19(26)21-10-17(25)24-6-4-5-7-24/h8-9H,4-7,10H2,1-3H3,(H,21,26). The summed E-state index contributed by atoms with van der Waals surface area (Å²) in [6, 6.07) is 3.56. The van der Waals surface area contributed by atoms with E-state index in [-0.39, 0.29) is 24.1 Å². The number of likely N-dealkylation sites (tertiary alicyclic amines) is 1. The summed E-state index contributed by atoms with van der Waals surface area (Å²) in [5.74, 6) is 1.03. The third-order valence-corrected chi connectivity index (χ3v) is 5.04. The molecule has 28 heavy (non-hydrogen) atoms. The molecule has 1 N–H and O–H groups in total. The van der Waals surface area contributed by atoms with Gasteiger partial charge in [0.2, 0.25) is 5.91 Å². The minimum atomic E-state index is -0.356. The van der Waals surface area contributed by atoms with Gasteiger partial charge in [0, 0.05) is 18.7 Å². The van der Waals surface area contributed by atoms with Crippen LogP contribution in [0.2, 0.25) is 0 Å². The summed E-state index contributed by atoms with van der Waals surface area (Å²) in [5, 5.41) is 7.22. The van der Waals surface area contributed by atoms with Crippen molar-refractivity contribution in [2.75, 3.05) is 19.6 Å². The van der Waals surface area contributed by atoms with Crippen LogP contribution in [0.4, 0.5) is 0 Å². The molecule has 0 saturated carbocycles. The number of nitrogens with zero attached hydrogens (tertiary/aromatic N) is 3. The minimum absolute atomic E-state index is 0.0356. The number of hydrogen-bond donors (Lipinski definition) is 1. The first-order chi connectivity index (χ1) is 13.4. The van der Waals surface area contributed by atoms with Gasteiger partial charge in [-0.2, -0.15) is 0 Å². The molecule has 3 aromatic heterocycles. The fraction of sp³-hybridized carbons (Fsp3) is 0.400. The lowest BCUT2D eigenvalue weighted by atomic mass is 10.1. The first kappa shape index (κ1) is 18.2. The maximum Gasteiger partial charge on any atom is 0.259 e. The fourth-order valence-electron chi connectivity index (χ4n) is 3.63. The van der Waals surface area contributed by atoms with Gasteiger partial charge in [0.1, 0.15) is 11.5 Å². The summed E-state index contributed by atoms with van der Waals surface area (Å²) in [5.41, 5.74) is 2.59. The molecule has 8 heteroatoms. The Kier molecular flexibility index (Phi) is 4.62. The minimum Gasteiger partial charge on any atom is -0.466 e. The van der Waals surface area contributed by atoms with Gasteiger partial charge in [-0.3, -0.25) is 9.59 Å². The monoisotopic (exact) mass is 382 g/mol. The van der Waals surface area contributed by atoms with Gasteiger partial charge in [0.05, 0.1) is 28.9 Å². The molecule has 0 spiro atoms. The van der Waals surface area contributed by atoms with Crippen molar-refractivity contribution in [3.05, 3.63) is 34.9 Å². The summed E-state index contributed by atoms with van der Waals surface area (Å²) in [7, 11) is 0. The van der Waals surface area contributed by atoms with Gasteiger partial charge >= 0.3 is 0 Å². The van der Waals surface area contributed by atoms with Gasteiger partial charge in [-0.25, -0.2) is 4.98 Å². The Morgan fingerprint density at radius 1 is 1.18 bits per heavy atom. The third kappa shape index (κ3) is 3.26. The van der Waals surface area contributed by atoms with Gasteiger partial charge in [0.25, 0.3) is 11.6 Å². The number of aromatic nitrogens is 2. The lowest BCUT2D eigenvalue weighted by Crippen LogP contribution is -2.38. The number of rotatable bonds is 4. The van der Waals surface area contributed by atoms with Crippen molar-refractivity contribution in [2.24, 2.45) is 0 Å². The molecule has 4 heterocycles. The normalized spacial score (nSPS) is 14.0. The van der Waals surface area contributed by atoms with Crippen molar-refractivity contribution >= 4 is 22.9 Å². The Labute approximate surface area is 161 Å². The van der Waals surface area contributed by atoms with Crippen LogP contribution in [0.25, 0.3) is 22.4 Å². The number of amides is 2. The highest BCUT2D eigenvalue weighted by molar-refractivity contribution is 6.07. The molecule has 2 amide bonds. The molecule has 0 bridgehead atoms. The van der Waals surface area contributed by atoms with E-state index < -0.39 is 0 Å². The summed E-state index contributed by atoms with van der Waals surface area (Å²) in [4.78, 5) is 31.4. The van der Waals surface area contributed by atoms with E-state index in [1.165, 1.54) is 0 Å². The van der Waals surface area contributed by atoms with E-state index in [1.807, 2.05) is 19.9 Å². The molecule has 0 aliphatic carbocycles. The fourth-order valence-corrected chi connectivity index (χ4v) is 3.63. The Balaban J connectivity index is 1.66. The van der Waals surface area contributed by atoms with E-state index in [0.29, 0.717) is 28.1 Å². The van der Waals surface area contributed by atoms with Gasteiger partial charge in [-0.05, 0) is 45.7 Å². The second-order valence-electron chi connectivity index (χ2n) is 7.10. The lowest BCUT2D eigenvalue weighted by molar-refractivity contribution is -0.129. The first-order valence-electron chi connectivity index (χ1n) is 9.34. The first-order valence-corrected chi connectivity index (χ1v) is 9.34. The van der Waals surface area contributed by atoms with E-state index in [0.717, 1.165) is 37.3 Å². The third-order valence-electron chi connectivity index (χ3n) is 5.04. The largest absolute Gasteiger partial charge is 0.466 e. The molecule has 1 fully saturated rings. The van der Waals surface area contributed by atoms with Crippen LogP contribution in [0, 0.1) is 20.8 Å². The number of hydrogen-bond acceptors (Lipinski definition) is 6. The Bertz CT molecular complexity index is 1060. The van der Waals surface area contributed by atoms with Crippen molar-refractivity contribution in [1.82, 2.24) is 20.4 Å². The number of carbonyl (C=O) groups is 2. The number of pyridine rings is 1. The van der Waals surface area contributed by atoms with Crippen LogP contribution in [-0.4, -0.2) is 46.5 Å². The molecule has 3 aromatic rings. The molecule has 1 aliphatic heterocycles. The van der Waals surface area contributed by atoms with Gasteiger partial charge in [-0.15, -0.1) is 0 Å². The highest BCUT2D eigenvalue weighted by Gasteiger charge is 2.23. The smallest absolute Gasteiger partial charge is 0.259 e. The zero-order valence-corrected chi connectivity index (χ0v) is 16.2. The van der Waals surface area contributed by atoms with Crippen molar-refractivity contribution in [2.45, 2.75) is 33.6 Å². The Hall–Kier alpha value is -3.16. The Morgan fingerprint density at radius 2 is 1.93 bits per heavy atom. The molecule has 0 radical (unpaired) electrons. The molecule has 8 nitrogen and oxygen atoms in total. The highest BCUT2D eigenvalue weighted by Crippen LogP contribution is 2.30. The Morgan fingerprint density at radius 3 is 2.61 bits per heavy atom. The molecule has 0 atom stereocenters. The predicted molar refractivity (Wildman–Crippen MR) is 102 cm³/mol. The van der Waals surface area contributed by atoms with Gasteiger partial charge in [0.15, 0.2) is 0 Å². The molecule has 0 aromatic carbocycles. The van der Waals surface area contributed by atoms with Crippen molar-refractivity contribution in [3.8, 4) is 11.3 Å². The van der Waals surface area contributed by atoms with Crippen LogP contribution >= 0.6 is 0 Å². The number of fused-ring (bicyclic) bond motifs is 1. The topological polar surface area (TPSA) is 101 Å². The molecular weight excluding hydrogens is 360 g/mol. The van der Waals surface area contributed by atoms with Crippen molar-refractivity contribution < 1.29 is 18.5 Å². The molecule has 1 aliphatic rings. The molecule has 146 valence electrons. The zero-order chi connectivity index (χ0) is 19.8. The van der Waals surface area contributed by atoms with Crippen LogP contribution < -0.4 is 5.32 Å². The van der Waals surface area contributed by atoms with Crippen LogP contribution in [-0.2, 0) is 4.79 Å². The van der Waals surface area contributed by atoms with Crippen LogP contribution in [0.3, 0.4) is 0 Å². The number of carbonyl (C=O) groups excluding carboxylic acids is 2. The van der Waals surface area contributed by atoms with Crippen LogP contribution in [0.1, 0.15) is 40.4 Å². The summed E-state index contributed by atoms with van der Waals surface area (Å²) < 4.78 is 10.9. The predicted octanol–water partition coefficient (Wildman–Crippen LogP) is 2.76. The lowest BCUT2D eigenvalue weighted by Gasteiger charge is -2.15. The van der Waals surface area contributed by atoms with E-state index >= 15 is 0 Å². The second-order valence-corrected chi connectivity index (χ2v) is 7.10. The van der Waals surface area contributed by atoms with E-state index in [4.69, 9.17) is 8.94 Å².